The normalized spacial score (nSPS) is 23.1. The summed E-state index contributed by atoms with van der Waals surface area (Å²) in [6.07, 6.45) is 2.29. The van der Waals surface area contributed by atoms with Gasteiger partial charge in [0, 0.05) is 12.1 Å². The highest BCUT2D eigenvalue weighted by atomic mass is 19.1. The predicted molar refractivity (Wildman–Crippen MR) is 64.7 cm³/mol. The Morgan fingerprint density at radius 2 is 1.94 bits per heavy atom. The lowest BCUT2D eigenvalue weighted by Gasteiger charge is -2.25. The summed E-state index contributed by atoms with van der Waals surface area (Å²) in [7, 11) is 0. The number of fused-ring (bicyclic) bond motifs is 1. The molecular weight excluding hydrogens is 220 g/mol. The van der Waals surface area contributed by atoms with Crippen LogP contribution in [-0.2, 0) is 6.42 Å². The lowest BCUT2D eigenvalue weighted by molar-refractivity contribution is 0.293. The largest absolute Gasteiger partial charge is 0.324 e. The van der Waals surface area contributed by atoms with Gasteiger partial charge in [-0.15, -0.1) is 0 Å². The van der Waals surface area contributed by atoms with Gasteiger partial charge in [-0.2, -0.15) is 0 Å². The highest BCUT2D eigenvalue weighted by molar-refractivity contribution is 5.40. The molecule has 3 heteroatoms. The van der Waals surface area contributed by atoms with Crippen molar-refractivity contribution < 1.29 is 8.78 Å². The second-order valence-electron chi connectivity index (χ2n) is 5.83. The van der Waals surface area contributed by atoms with E-state index in [1.54, 1.807) is 6.92 Å². The molecular formula is C14H19F2N. The van der Waals surface area contributed by atoms with Gasteiger partial charge in [0.05, 0.1) is 0 Å². The van der Waals surface area contributed by atoms with Crippen molar-refractivity contribution in [1.82, 2.24) is 0 Å². The number of rotatable bonds is 0. The van der Waals surface area contributed by atoms with Crippen LogP contribution in [0.5, 0.6) is 0 Å². The Kier molecular flexibility index (Phi) is 2.98. The topological polar surface area (TPSA) is 26.0 Å². The Bertz CT molecular complexity index is 452. The molecule has 0 fully saturated rings. The van der Waals surface area contributed by atoms with Crippen LogP contribution in [0.2, 0.25) is 0 Å². The zero-order chi connectivity index (χ0) is 12.8. The van der Waals surface area contributed by atoms with Gasteiger partial charge in [-0.25, -0.2) is 8.78 Å². The lowest BCUT2D eigenvalue weighted by Crippen LogP contribution is -2.20. The van der Waals surface area contributed by atoms with E-state index in [-0.39, 0.29) is 11.5 Å². The minimum atomic E-state index is -0.489. The third-order valence-electron chi connectivity index (χ3n) is 3.82. The molecule has 2 rings (SSSR count). The monoisotopic (exact) mass is 239 g/mol. The zero-order valence-corrected chi connectivity index (χ0v) is 10.6. The first-order valence-electron chi connectivity index (χ1n) is 6.05. The molecule has 1 nitrogen and oxygen atoms in total. The van der Waals surface area contributed by atoms with Gasteiger partial charge >= 0.3 is 0 Å². The summed E-state index contributed by atoms with van der Waals surface area (Å²) in [6, 6.07) is 0.715. The third kappa shape index (κ3) is 2.21. The van der Waals surface area contributed by atoms with Crippen molar-refractivity contribution in [3.05, 3.63) is 34.4 Å². The summed E-state index contributed by atoms with van der Waals surface area (Å²) < 4.78 is 27.4. The van der Waals surface area contributed by atoms with Gasteiger partial charge < -0.3 is 5.73 Å². The van der Waals surface area contributed by atoms with Gasteiger partial charge in [-0.3, -0.25) is 0 Å². The highest BCUT2D eigenvalue weighted by Gasteiger charge is 2.30. The summed E-state index contributed by atoms with van der Waals surface area (Å²) >= 11 is 0. The summed E-state index contributed by atoms with van der Waals surface area (Å²) in [4.78, 5) is 0. The Labute approximate surface area is 101 Å². The van der Waals surface area contributed by atoms with Crippen molar-refractivity contribution in [2.75, 3.05) is 0 Å². The second kappa shape index (κ2) is 4.05. The van der Waals surface area contributed by atoms with E-state index >= 15 is 0 Å². The Morgan fingerprint density at radius 1 is 1.29 bits per heavy atom. The fraction of sp³-hybridized carbons (Fsp3) is 0.571. The summed E-state index contributed by atoms with van der Waals surface area (Å²) in [6.45, 7) is 5.94. The van der Waals surface area contributed by atoms with E-state index < -0.39 is 11.6 Å². The van der Waals surface area contributed by atoms with Crippen LogP contribution >= 0.6 is 0 Å². The number of hydrogen-bond acceptors (Lipinski definition) is 1. The number of halogens is 2. The molecule has 94 valence electrons. The summed E-state index contributed by atoms with van der Waals surface area (Å²) in [5.74, 6) is -0.937. The highest BCUT2D eigenvalue weighted by Crippen LogP contribution is 2.40. The molecule has 0 radical (unpaired) electrons. The van der Waals surface area contributed by atoms with Gasteiger partial charge in [0.25, 0.3) is 0 Å². The first-order valence-corrected chi connectivity index (χ1v) is 6.05. The standard InChI is InChI=1S/C14H19F2N/c1-8-10(15)6-11(16)9-4-5-14(2,3)7-12(17)13(8)9/h6,12H,4-5,7,17H2,1-3H3. The van der Waals surface area contributed by atoms with Gasteiger partial charge in [0.2, 0.25) is 0 Å². The molecule has 1 aliphatic carbocycles. The molecule has 1 aliphatic rings. The average Bonchev–Trinajstić information content (AvgIpc) is 2.31. The fourth-order valence-corrected chi connectivity index (χ4v) is 2.81. The number of hydrogen-bond donors (Lipinski definition) is 1. The van der Waals surface area contributed by atoms with E-state index in [9.17, 15) is 8.78 Å². The van der Waals surface area contributed by atoms with Crippen LogP contribution < -0.4 is 5.73 Å². The van der Waals surface area contributed by atoms with Gasteiger partial charge in [0.1, 0.15) is 11.6 Å². The van der Waals surface area contributed by atoms with Crippen molar-refractivity contribution in [3.8, 4) is 0 Å². The first-order chi connectivity index (χ1) is 7.82. The molecule has 1 aromatic carbocycles. The molecule has 1 aromatic rings. The van der Waals surface area contributed by atoms with Crippen LogP contribution in [-0.4, -0.2) is 0 Å². The van der Waals surface area contributed by atoms with Gasteiger partial charge in [-0.1, -0.05) is 13.8 Å². The Balaban J connectivity index is 2.59. The maximum atomic E-state index is 13.8. The molecule has 17 heavy (non-hydrogen) atoms. The maximum absolute atomic E-state index is 13.8. The Morgan fingerprint density at radius 3 is 2.59 bits per heavy atom. The van der Waals surface area contributed by atoms with E-state index in [0.29, 0.717) is 23.1 Å². The maximum Gasteiger partial charge on any atom is 0.129 e. The zero-order valence-electron chi connectivity index (χ0n) is 10.6. The van der Waals surface area contributed by atoms with Crippen LogP contribution in [0, 0.1) is 24.0 Å². The molecule has 0 aliphatic heterocycles. The van der Waals surface area contributed by atoms with Gasteiger partial charge in [0.15, 0.2) is 0 Å². The van der Waals surface area contributed by atoms with E-state index in [1.165, 1.54) is 0 Å². The van der Waals surface area contributed by atoms with E-state index in [1.807, 2.05) is 0 Å². The fourth-order valence-electron chi connectivity index (χ4n) is 2.81. The Hall–Kier alpha value is -0.960. The molecule has 0 saturated heterocycles. The minimum Gasteiger partial charge on any atom is -0.324 e. The molecule has 0 saturated carbocycles. The van der Waals surface area contributed by atoms with Crippen LogP contribution in [0.25, 0.3) is 0 Å². The second-order valence-corrected chi connectivity index (χ2v) is 5.83. The molecule has 0 heterocycles. The van der Waals surface area contributed by atoms with Crippen LogP contribution in [0.15, 0.2) is 6.07 Å². The van der Waals surface area contributed by atoms with Crippen molar-refractivity contribution in [2.24, 2.45) is 11.1 Å². The van der Waals surface area contributed by atoms with E-state index in [4.69, 9.17) is 5.73 Å². The van der Waals surface area contributed by atoms with Crippen LogP contribution in [0.1, 0.15) is 49.4 Å². The molecule has 1 atom stereocenters. The van der Waals surface area contributed by atoms with E-state index in [2.05, 4.69) is 13.8 Å². The third-order valence-corrected chi connectivity index (χ3v) is 3.82. The average molecular weight is 239 g/mol. The molecule has 0 bridgehead atoms. The van der Waals surface area contributed by atoms with Crippen molar-refractivity contribution in [1.29, 1.82) is 0 Å². The molecule has 0 aromatic heterocycles. The first kappa shape index (κ1) is 12.5. The van der Waals surface area contributed by atoms with Crippen LogP contribution in [0.3, 0.4) is 0 Å². The van der Waals surface area contributed by atoms with Crippen molar-refractivity contribution in [3.63, 3.8) is 0 Å². The number of nitrogens with two attached hydrogens (primary N) is 1. The molecule has 0 spiro atoms. The van der Waals surface area contributed by atoms with E-state index in [0.717, 1.165) is 18.9 Å². The molecule has 0 amide bonds. The van der Waals surface area contributed by atoms with Crippen molar-refractivity contribution in [2.45, 2.75) is 46.1 Å². The minimum absolute atomic E-state index is 0.0772. The number of benzene rings is 1. The molecule has 2 N–H and O–H groups in total. The van der Waals surface area contributed by atoms with Crippen molar-refractivity contribution >= 4 is 0 Å². The quantitative estimate of drug-likeness (QED) is 0.687. The predicted octanol–water partition coefficient (Wildman–Crippen LogP) is 3.64. The van der Waals surface area contributed by atoms with Crippen LogP contribution in [0.4, 0.5) is 8.78 Å². The summed E-state index contributed by atoms with van der Waals surface area (Å²) in [5, 5.41) is 0. The smallest absolute Gasteiger partial charge is 0.129 e. The van der Waals surface area contributed by atoms with Gasteiger partial charge in [-0.05, 0) is 48.3 Å². The molecule has 1 unspecified atom stereocenters. The summed E-state index contributed by atoms with van der Waals surface area (Å²) in [5.41, 5.74) is 8.01. The lowest BCUT2D eigenvalue weighted by atomic mass is 9.83. The SMILES string of the molecule is Cc1c(F)cc(F)c2c1C(N)CC(C)(C)CC2.